The lowest BCUT2D eigenvalue weighted by atomic mass is 9.75. The zero-order chi connectivity index (χ0) is 12.5. The van der Waals surface area contributed by atoms with Crippen LogP contribution in [0.2, 0.25) is 0 Å². The maximum absolute atomic E-state index is 12.0. The highest BCUT2D eigenvalue weighted by Crippen LogP contribution is 2.32. The second kappa shape index (κ2) is 4.74. The molecular formula is C12H19N3OS. The summed E-state index contributed by atoms with van der Waals surface area (Å²) >= 11 is 1.60. The molecule has 1 saturated carbocycles. The van der Waals surface area contributed by atoms with Gasteiger partial charge in [0, 0.05) is 23.9 Å². The van der Waals surface area contributed by atoms with Crippen molar-refractivity contribution in [2.24, 2.45) is 5.73 Å². The van der Waals surface area contributed by atoms with Gasteiger partial charge in [0.05, 0.1) is 17.7 Å². The van der Waals surface area contributed by atoms with Crippen molar-refractivity contribution in [2.45, 2.75) is 44.7 Å². The first-order valence-electron chi connectivity index (χ1n) is 5.92. The van der Waals surface area contributed by atoms with Crippen LogP contribution in [0.5, 0.6) is 0 Å². The van der Waals surface area contributed by atoms with E-state index in [9.17, 15) is 4.79 Å². The molecule has 4 nitrogen and oxygen atoms in total. The highest BCUT2D eigenvalue weighted by atomic mass is 32.1. The topological polar surface area (TPSA) is 59.2 Å². The molecule has 1 aliphatic rings. The van der Waals surface area contributed by atoms with Gasteiger partial charge >= 0.3 is 0 Å². The van der Waals surface area contributed by atoms with Crippen molar-refractivity contribution >= 4 is 17.2 Å². The Morgan fingerprint density at radius 1 is 1.65 bits per heavy atom. The highest BCUT2D eigenvalue weighted by molar-refractivity contribution is 7.09. The Labute approximate surface area is 106 Å². The average Bonchev–Trinajstić information content (AvgIpc) is 2.62. The second-order valence-corrected chi connectivity index (χ2v) is 5.94. The van der Waals surface area contributed by atoms with Gasteiger partial charge in [0.25, 0.3) is 0 Å². The van der Waals surface area contributed by atoms with Crippen molar-refractivity contribution in [1.29, 1.82) is 0 Å². The number of amides is 1. The Morgan fingerprint density at radius 2 is 2.35 bits per heavy atom. The number of carbonyl (C=O) groups is 1. The van der Waals surface area contributed by atoms with Gasteiger partial charge in [-0.25, -0.2) is 4.98 Å². The van der Waals surface area contributed by atoms with E-state index in [-0.39, 0.29) is 11.4 Å². The fraction of sp³-hybridized carbons (Fsp3) is 0.667. The van der Waals surface area contributed by atoms with Crippen LogP contribution < -0.4 is 5.73 Å². The third kappa shape index (κ3) is 2.84. The molecule has 1 aromatic heterocycles. The first-order chi connectivity index (χ1) is 8.00. The van der Waals surface area contributed by atoms with Crippen molar-refractivity contribution in [3.05, 3.63) is 16.1 Å². The summed E-state index contributed by atoms with van der Waals surface area (Å²) in [5, 5.41) is 0. The number of thiazole rings is 1. The molecule has 5 heteroatoms. The monoisotopic (exact) mass is 253 g/mol. The van der Waals surface area contributed by atoms with E-state index in [0.29, 0.717) is 13.0 Å². The van der Waals surface area contributed by atoms with Crippen LogP contribution in [0.4, 0.5) is 0 Å². The molecule has 0 unspecified atom stereocenters. The number of hydrogen-bond donors (Lipinski definition) is 1. The molecule has 0 atom stereocenters. The second-order valence-electron chi connectivity index (χ2n) is 5.00. The van der Waals surface area contributed by atoms with Gasteiger partial charge in [-0.05, 0) is 26.2 Å². The predicted octanol–water partition coefficient (Wildman–Crippen LogP) is 1.68. The quantitative estimate of drug-likeness (QED) is 0.888. The van der Waals surface area contributed by atoms with Gasteiger partial charge in [0.2, 0.25) is 5.91 Å². The Kier molecular flexibility index (Phi) is 3.49. The van der Waals surface area contributed by atoms with Crippen molar-refractivity contribution in [3.8, 4) is 0 Å². The Morgan fingerprint density at radius 3 is 2.82 bits per heavy atom. The molecular weight excluding hydrogens is 234 g/mol. The van der Waals surface area contributed by atoms with Crippen LogP contribution in [0.3, 0.4) is 0 Å². The van der Waals surface area contributed by atoms with E-state index in [2.05, 4.69) is 4.98 Å². The van der Waals surface area contributed by atoms with Crippen molar-refractivity contribution in [2.75, 3.05) is 7.05 Å². The summed E-state index contributed by atoms with van der Waals surface area (Å²) in [6.07, 6.45) is 3.58. The molecule has 1 heterocycles. The standard InChI is InChI=1S/C12H19N3OS/c1-9-10(17-8-14-9)7-15(2)11(16)6-12(13)4-3-5-12/h8H,3-7,13H2,1-2H3. The summed E-state index contributed by atoms with van der Waals surface area (Å²) in [5.74, 6) is 0.139. The van der Waals surface area contributed by atoms with E-state index in [1.54, 1.807) is 16.2 Å². The number of aromatic nitrogens is 1. The summed E-state index contributed by atoms with van der Waals surface area (Å²) in [6.45, 7) is 2.62. The lowest BCUT2D eigenvalue weighted by Crippen LogP contribution is -2.50. The third-order valence-electron chi connectivity index (χ3n) is 3.50. The number of aryl methyl sites for hydroxylation is 1. The lowest BCUT2D eigenvalue weighted by Gasteiger charge is -2.38. The third-order valence-corrected chi connectivity index (χ3v) is 4.42. The molecule has 94 valence electrons. The van der Waals surface area contributed by atoms with Crippen LogP contribution >= 0.6 is 11.3 Å². The summed E-state index contributed by atoms with van der Waals surface area (Å²) in [7, 11) is 1.84. The Bertz CT molecular complexity index is 412. The summed E-state index contributed by atoms with van der Waals surface area (Å²) in [4.78, 5) is 19.1. The average molecular weight is 253 g/mol. The molecule has 1 aliphatic carbocycles. The molecule has 0 aromatic carbocycles. The maximum atomic E-state index is 12.0. The number of carbonyl (C=O) groups excluding carboxylic acids is 1. The zero-order valence-corrected chi connectivity index (χ0v) is 11.2. The van der Waals surface area contributed by atoms with Crippen molar-refractivity contribution in [3.63, 3.8) is 0 Å². The van der Waals surface area contributed by atoms with Crippen LogP contribution in [-0.2, 0) is 11.3 Å². The number of rotatable bonds is 4. The van der Waals surface area contributed by atoms with Gasteiger partial charge in [0.15, 0.2) is 0 Å². The molecule has 0 spiro atoms. The summed E-state index contributed by atoms with van der Waals surface area (Å²) in [6, 6.07) is 0. The van der Waals surface area contributed by atoms with Crippen LogP contribution in [0.25, 0.3) is 0 Å². The SMILES string of the molecule is Cc1ncsc1CN(C)C(=O)CC1(N)CCC1. The van der Waals surface area contributed by atoms with Gasteiger partial charge in [-0.3, -0.25) is 4.79 Å². The van der Waals surface area contributed by atoms with Gasteiger partial charge in [-0.15, -0.1) is 11.3 Å². The van der Waals surface area contributed by atoms with Crippen LogP contribution in [-0.4, -0.2) is 28.4 Å². The Balaban J connectivity index is 1.89. The fourth-order valence-corrected chi connectivity index (χ4v) is 2.85. The van der Waals surface area contributed by atoms with Crippen LogP contribution in [0.1, 0.15) is 36.3 Å². The maximum Gasteiger partial charge on any atom is 0.224 e. The minimum atomic E-state index is -0.228. The molecule has 17 heavy (non-hydrogen) atoms. The summed E-state index contributed by atoms with van der Waals surface area (Å²) in [5.41, 5.74) is 8.69. The zero-order valence-electron chi connectivity index (χ0n) is 10.4. The molecule has 1 aromatic rings. The van der Waals surface area contributed by atoms with Gasteiger partial charge in [-0.2, -0.15) is 0 Å². The Hall–Kier alpha value is -0.940. The predicted molar refractivity (Wildman–Crippen MR) is 68.7 cm³/mol. The molecule has 1 amide bonds. The largest absolute Gasteiger partial charge is 0.340 e. The molecule has 1 fully saturated rings. The van der Waals surface area contributed by atoms with Gasteiger partial charge < -0.3 is 10.6 Å². The molecule has 2 N–H and O–H groups in total. The smallest absolute Gasteiger partial charge is 0.224 e. The van der Waals surface area contributed by atoms with Gasteiger partial charge in [-0.1, -0.05) is 0 Å². The molecule has 0 radical (unpaired) electrons. The number of nitrogens with two attached hydrogens (primary N) is 1. The van der Waals surface area contributed by atoms with Gasteiger partial charge in [0.1, 0.15) is 0 Å². The highest BCUT2D eigenvalue weighted by Gasteiger charge is 2.35. The molecule has 0 bridgehead atoms. The number of hydrogen-bond acceptors (Lipinski definition) is 4. The minimum absolute atomic E-state index is 0.139. The fourth-order valence-electron chi connectivity index (χ4n) is 2.03. The first kappa shape index (κ1) is 12.5. The van der Waals surface area contributed by atoms with Crippen molar-refractivity contribution < 1.29 is 4.79 Å². The molecule has 0 saturated heterocycles. The van der Waals surface area contributed by atoms with E-state index in [1.165, 1.54) is 0 Å². The van der Waals surface area contributed by atoms with E-state index < -0.39 is 0 Å². The van der Waals surface area contributed by atoms with E-state index >= 15 is 0 Å². The van der Waals surface area contributed by atoms with E-state index in [4.69, 9.17) is 5.73 Å². The molecule has 2 rings (SSSR count). The first-order valence-corrected chi connectivity index (χ1v) is 6.80. The normalized spacial score (nSPS) is 17.6. The summed E-state index contributed by atoms with van der Waals surface area (Å²) < 4.78 is 0. The number of nitrogens with zero attached hydrogens (tertiary/aromatic N) is 2. The van der Waals surface area contributed by atoms with Crippen molar-refractivity contribution in [1.82, 2.24) is 9.88 Å². The van der Waals surface area contributed by atoms with E-state index in [1.807, 2.05) is 19.5 Å². The van der Waals surface area contributed by atoms with Crippen LogP contribution in [0, 0.1) is 6.92 Å². The minimum Gasteiger partial charge on any atom is -0.340 e. The molecule has 0 aliphatic heterocycles. The lowest BCUT2D eigenvalue weighted by molar-refractivity contribution is -0.132. The van der Waals surface area contributed by atoms with E-state index in [0.717, 1.165) is 29.8 Å². The van der Waals surface area contributed by atoms with Crippen LogP contribution in [0.15, 0.2) is 5.51 Å².